The van der Waals surface area contributed by atoms with E-state index in [9.17, 15) is 0 Å². The molecular formula is C13H13IN2O. The zero-order valence-corrected chi connectivity index (χ0v) is 11.6. The Bertz CT molecular complexity index is 512. The zero-order chi connectivity index (χ0) is 11.4. The second-order valence-corrected chi connectivity index (χ2v) is 3.57. The minimum atomic E-state index is 0. The topological polar surface area (TPSA) is 36.5 Å². The molecule has 0 radical (unpaired) electrons. The summed E-state index contributed by atoms with van der Waals surface area (Å²) in [5.41, 5.74) is 2.37. The molecule has 0 saturated carbocycles. The summed E-state index contributed by atoms with van der Waals surface area (Å²) in [6.07, 6.45) is 3.85. The summed E-state index contributed by atoms with van der Waals surface area (Å²) in [6.45, 7) is 0. The molecule has 4 heteroatoms. The first-order chi connectivity index (χ1) is 7.81. The smallest absolute Gasteiger partial charge is 0.178 e. The summed E-state index contributed by atoms with van der Waals surface area (Å²) in [6, 6.07) is 13.5. The van der Waals surface area contributed by atoms with E-state index in [-0.39, 0.29) is 24.0 Å². The van der Waals surface area contributed by atoms with Crippen LogP contribution in [0.15, 0.2) is 60.0 Å². The number of aryl methyl sites for hydroxylation is 1. The van der Waals surface area contributed by atoms with Crippen LogP contribution in [0.25, 0.3) is 0 Å². The summed E-state index contributed by atoms with van der Waals surface area (Å²) in [7, 11) is 1.93. The van der Waals surface area contributed by atoms with Gasteiger partial charge in [-0.05, 0) is 6.07 Å². The van der Waals surface area contributed by atoms with Crippen LogP contribution in [0, 0.1) is 0 Å². The average molecular weight is 340 g/mol. The van der Waals surface area contributed by atoms with Gasteiger partial charge in [0, 0.05) is 11.6 Å². The maximum atomic E-state index is 9.10. The molecule has 1 aromatic carbocycles. The number of benzene rings is 1. The monoisotopic (exact) mass is 340 g/mol. The number of hydrogen-bond acceptors (Lipinski definition) is 2. The van der Waals surface area contributed by atoms with Crippen molar-refractivity contribution in [3.05, 3.63) is 66.0 Å². The lowest BCUT2D eigenvalue weighted by atomic mass is 10.0. The van der Waals surface area contributed by atoms with E-state index in [1.165, 1.54) is 0 Å². The van der Waals surface area contributed by atoms with Crippen molar-refractivity contribution in [2.24, 2.45) is 12.2 Å². The van der Waals surface area contributed by atoms with Gasteiger partial charge in [0.1, 0.15) is 12.8 Å². The van der Waals surface area contributed by atoms with E-state index in [4.69, 9.17) is 5.21 Å². The predicted molar refractivity (Wildman–Crippen MR) is 61.5 cm³/mol. The molecule has 0 aliphatic rings. The minimum absolute atomic E-state index is 0. The molecule has 1 aromatic heterocycles. The van der Waals surface area contributed by atoms with Gasteiger partial charge in [-0.15, -0.1) is 0 Å². The van der Waals surface area contributed by atoms with Crippen molar-refractivity contribution in [3.63, 3.8) is 0 Å². The van der Waals surface area contributed by atoms with Gasteiger partial charge in [0.15, 0.2) is 12.4 Å². The molecule has 0 aliphatic heterocycles. The second-order valence-electron chi connectivity index (χ2n) is 3.57. The normalized spacial score (nSPS) is 10.8. The lowest BCUT2D eigenvalue weighted by Gasteiger charge is -2.02. The van der Waals surface area contributed by atoms with E-state index in [0.717, 1.165) is 11.1 Å². The van der Waals surface area contributed by atoms with Gasteiger partial charge in [-0.2, -0.15) is 0 Å². The van der Waals surface area contributed by atoms with Crippen molar-refractivity contribution in [3.8, 4) is 0 Å². The fourth-order valence-electron chi connectivity index (χ4n) is 1.61. The standard InChI is InChI=1S/C13H12N2O.HI/c1-15-9-5-8-12(10-15)13(14-16)11-6-3-2-4-7-11;/h2-10H,1H3;1H. The van der Waals surface area contributed by atoms with Crippen LogP contribution >= 0.6 is 0 Å². The molecule has 0 fully saturated rings. The Morgan fingerprint density at radius 1 is 1.06 bits per heavy atom. The maximum absolute atomic E-state index is 9.10. The molecular weight excluding hydrogens is 327 g/mol. The van der Waals surface area contributed by atoms with E-state index >= 15 is 0 Å². The highest BCUT2D eigenvalue weighted by atomic mass is 127. The predicted octanol–water partition coefficient (Wildman–Crippen LogP) is -1.26. The number of rotatable bonds is 2. The SMILES string of the molecule is C[n+]1cccc(C(=NO)c2ccccc2)c1.[I-]. The molecule has 3 nitrogen and oxygen atoms in total. The van der Waals surface area contributed by atoms with Crippen LogP contribution in [-0.2, 0) is 7.05 Å². The highest BCUT2D eigenvalue weighted by Gasteiger charge is 2.09. The molecule has 0 saturated heterocycles. The first-order valence-electron chi connectivity index (χ1n) is 5.04. The van der Waals surface area contributed by atoms with Gasteiger partial charge in [-0.1, -0.05) is 35.5 Å². The molecule has 0 amide bonds. The number of aromatic nitrogens is 1. The fraction of sp³-hybridized carbons (Fsp3) is 0.0769. The Labute approximate surface area is 117 Å². The number of halogens is 1. The van der Waals surface area contributed by atoms with Gasteiger partial charge in [0.05, 0.1) is 5.56 Å². The van der Waals surface area contributed by atoms with Crippen molar-refractivity contribution >= 4 is 5.71 Å². The number of hydrogen-bond donors (Lipinski definition) is 1. The van der Waals surface area contributed by atoms with Crippen molar-refractivity contribution in [1.82, 2.24) is 0 Å². The van der Waals surface area contributed by atoms with Crippen LogP contribution in [0.1, 0.15) is 11.1 Å². The van der Waals surface area contributed by atoms with Gasteiger partial charge < -0.3 is 29.2 Å². The van der Waals surface area contributed by atoms with E-state index in [1.54, 1.807) is 0 Å². The van der Waals surface area contributed by atoms with Crippen LogP contribution < -0.4 is 28.5 Å². The Morgan fingerprint density at radius 2 is 1.71 bits per heavy atom. The highest BCUT2D eigenvalue weighted by molar-refractivity contribution is 6.12. The molecule has 88 valence electrons. The third-order valence-electron chi connectivity index (χ3n) is 2.36. The van der Waals surface area contributed by atoms with Crippen molar-refractivity contribution in [2.45, 2.75) is 0 Å². The van der Waals surface area contributed by atoms with E-state index in [2.05, 4.69) is 5.16 Å². The molecule has 0 bridgehead atoms. The van der Waals surface area contributed by atoms with Gasteiger partial charge in [0.2, 0.25) is 0 Å². The Morgan fingerprint density at radius 3 is 2.29 bits per heavy atom. The van der Waals surface area contributed by atoms with E-state index < -0.39 is 0 Å². The fourth-order valence-corrected chi connectivity index (χ4v) is 1.61. The Balaban J connectivity index is 0.00000144. The van der Waals surface area contributed by atoms with Crippen LogP contribution in [-0.4, -0.2) is 10.9 Å². The van der Waals surface area contributed by atoms with Crippen molar-refractivity contribution in [1.29, 1.82) is 0 Å². The lowest BCUT2D eigenvalue weighted by Crippen LogP contribution is -3.00. The summed E-state index contributed by atoms with van der Waals surface area (Å²) in [4.78, 5) is 0. The number of oxime groups is 1. The minimum Gasteiger partial charge on any atom is -1.00 e. The van der Waals surface area contributed by atoms with Crippen molar-refractivity contribution in [2.75, 3.05) is 0 Å². The van der Waals surface area contributed by atoms with Crippen LogP contribution in [0.2, 0.25) is 0 Å². The average Bonchev–Trinajstić information content (AvgIpc) is 2.31. The molecule has 2 rings (SSSR count). The number of pyridine rings is 1. The first kappa shape index (κ1) is 13.6. The molecule has 1 N–H and O–H groups in total. The molecule has 0 atom stereocenters. The summed E-state index contributed by atoms with van der Waals surface area (Å²) in [5, 5.41) is 12.5. The molecule has 0 aliphatic carbocycles. The largest absolute Gasteiger partial charge is 1.00 e. The third kappa shape index (κ3) is 3.26. The molecule has 17 heavy (non-hydrogen) atoms. The van der Waals surface area contributed by atoms with Gasteiger partial charge in [0.25, 0.3) is 0 Å². The van der Waals surface area contributed by atoms with Crippen LogP contribution in [0.3, 0.4) is 0 Å². The maximum Gasteiger partial charge on any atom is 0.178 e. The van der Waals surface area contributed by atoms with Crippen LogP contribution in [0.4, 0.5) is 0 Å². The summed E-state index contributed by atoms with van der Waals surface area (Å²) < 4.78 is 1.92. The number of nitrogens with zero attached hydrogens (tertiary/aromatic N) is 2. The molecule has 2 aromatic rings. The zero-order valence-electron chi connectivity index (χ0n) is 9.42. The Kier molecular flexibility index (Phi) is 5.09. The van der Waals surface area contributed by atoms with Crippen molar-refractivity contribution < 1.29 is 33.8 Å². The van der Waals surface area contributed by atoms with Gasteiger partial charge >= 0.3 is 0 Å². The summed E-state index contributed by atoms with van der Waals surface area (Å²) >= 11 is 0. The molecule has 1 heterocycles. The molecule has 0 spiro atoms. The van der Waals surface area contributed by atoms with Gasteiger partial charge in [-0.25, -0.2) is 4.57 Å². The second kappa shape index (κ2) is 6.34. The van der Waals surface area contributed by atoms with E-state index in [1.807, 2.05) is 66.5 Å². The Hall–Kier alpha value is -1.43. The van der Waals surface area contributed by atoms with E-state index in [0.29, 0.717) is 5.71 Å². The van der Waals surface area contributed by atoms with Gasteiger partial charge in [-0.3, -0.25) is 0 Å². The summed E-state index contributed by atoms with van der Waals surface area (Å²) in [5.74, 6) is 0. The first-order valence-corrected chi connectivity index (χ1v) is 5.04. The third-order valence-corrected chi connectivity index (χ3v) is 2.36. The highest BCUT2D eigenvalue weighted by Crippen LogP contribution is 2.08. The lowest BCUT2D eigenvalue weighted by molar-refractivity contribution is -0.671. The molecule has 0 unspecified atom stereocenters. The van der Waals surface area contributed by atoms with Crippen LogP contribution in [0.5, 0.6) is 0 Å². The quantitative estimate of drug-likeness (QED) is 0.239.